The van der Waals surface area contributed by atoms with E-state index in [9.17, 15) is 0 Å². The van der Waals surface area contributed by atoms with Gasteiger partial charge in [-0.25, -0.2) is 0 Å². The Hall–Kier alpha value is -0.563. The smallest absolute Gasteiger partial charge is 0.0606 e. The van der Waals surface area contributed by atoms with Crippen LogP contribution in [0.5, 0.6) is 0 Å². The van der Waals surface area contributed by atoms with Gasteiger partial charge in [0.25, 0.3) is 0 Å². The molecule has 0 saturated heterocycles. The Labute approximate surface area is 110 Å². The Kier molecular flexibility index (Phi) is 5.45. The van der Waals surface area contributed by atoms with Crippen molar-refractivity contribution in [1.29, 1.82) is 0 Å². The third-order valence-electron chi connectivity index (χ3n) is 4.50. The van der Waals surface area contributed by atoms with Gasteiger partial charge in [0, 0.05) is 0 Å². The summed E-state index contributed by atoms with van der Waals surface area (Å²) in [6, 6.07) is 9.47. The van der Waals surface area contributed by atoms with E-state index < -0.39 is 0 Å². The fraction of sp³-hybridized carbons (Fsp3) is 0.625. The zero-order valence-electron chi connectivity index (χ0n) is 12.2. The van der Waals surface area contributed by atoms with E-state index >= 15 is 0 Å². The van der Waals surface area contributed by atoms with Crippen molar-refractivity contribution in [2.45, 2.75) is 64.8 Å². The largest absolute Gasteiger partial charge is 0.0664 e. The zero-order valence-corrected chi connectivity index (χ0v) is 13.6. The summed E-state index contributed by atoms with van der Waals surface area (Å²) in [5.41, 5.74) is 1.50. The van der Waals surface area contributed by atoms with Crippen LogP contribution in [-0.4, -0.2) is 9.52 Å². The molecule has 0 saturated carbocycles. The molecule has 0 nitrogen and oxygen atoms in total. The van der Waals surface area contributed by atoms with Crippen LogP contribution in [0.15, 0.2) is 24.3 Å². The number of hydrogen-bond donors (Lipinski definition) is 0. The van der Waals surface area contributed by atoms with Gasteiger partial charge in [0.2, 0.25) is 0 Å². The standard InChI is InChI=1S/C16H28Si/c1-6-13(4)14-9-11-15(12-10-14)17-16(5,7-2)8-3/h9-13H,6-8,17H2,1-5H3. The van der Waals surface area contributed by atoms with Gasteiger partial charge in [-0.05, 0) is 22.9 Å². The molecule has 0 radical (unpaired) electrons. The second-order valence-electron chi connectivity index (χ2n) is 5.75. The molecule has 0 aliphatic rings. The highest BCUT2D eigenvalue weighted by Crippen LogP contribution is 2.31. The molecule has 96 valence electrons. The molecule has 0 fully saturated rings. The normalized spacial score (nSPS) is 14.4. The molecule has 17 heavy (non-hydrogen) atoms. The average molecular weight is 248 g/mol. The lowest BCUT2D eigenvalue weighted by atomic mass is 9.99. The summed E-state index contributed by atoms with van der Waals surface area (Å²) in [6.45, 7) is 11.7. The van der Waals surface area contributed by atoms with Crippen molar-refractivity contribution in [1.82, 2.24) is 0 Å². The van der Waals surface area contributed by atoms with Gasteiger partial charge in [-0.15, -0.1) is 0 Å². The highest BCUT2D eigenvalue weighted by atomic mass is 28.2. The van der Waals surface area contributed by atoms with Crippen LogP contribution >= 0.6 is 0 Å². The third kappa shape index (κ3) is 3.99. The van der Waals surface area contributed by atoms with E-state index in [1.807, 2.05) is 0 Å². The lowest BCUT2D eigenvalue weighted by Gasteiger charge is -2.26. The maximum absolute atomic E-state index is 2.46. The molecule has 0 aliphatic heterocycles. The molecule has 1 atom stereocenters. The SMILES string of the molecule is CCC(C)c1ccc([SiH2]C(C)(CC)CC)cc1. The summed E-state index contributed by atoms with van der Waals surface area (Å²) in [7, 11) is -0.141. The van der Waals surface area contributed by atoms with Gasteiger partial charge in [0.1, 0.15) is 0 Å². The summed E-state index contributed by atoms with van der Waals surface area (Å²) in [6.07, 6.45) is 3.88. The Morgan fingerprint density at radius 2 is 1.59 bits per heavy atom. The summed E-state index contributed by atoms with van der Waals surface area (Å²) in [5, 5.41) is 2.24. The minimum atomic E-state index is -0.141. The number of hydrogen-bond acceptors (Lipinski definition) is 0. The minimum Gasteiger partial charge on any atom is -0.0664 e. The quantitative estimate of drug-likeness (QED) is 0.668. The van der Waals surface area contributed by atoms with Crippen molar-refractivity contribution < 1.29 is 0 Å². The molecule has 1 heteroatoms. The molecular formula is C16H28Si. The first kappa shape index (κ1) is 14.5. The highest BCUT2D eigenvalue weighted by Gasteiger charge is 2.20. The minimum absolute atomic E-state index is 0.141. The molecule has 0 heterocycles. The van der Waals surface area contributed by atoms with Gasteiger partial charge in [-0.3, -0.25) is 0 Å². The Bertz CT molecular complexity index is 322. The summed E-state index contributed by atoms with van der Waals surface area (Å²) in [5.74, 6) is 0.703. The molecule has 1 rings (SSSR count). The van der Waals surface area contributed by atoms with Gasteiger partial charge in [-0.2, -0.15) is 0 Å². The van der Waals surface area contributed by atoms with Crippen LogP contribution in [0.25, 0.3) is 0 Å². The maximum Gasteiger partial charge on any atom is 0.0606 e. The van der Waals surface area contributed by atoms with Crippen molar-refractivity contribution >= 4 is 14.7 Å². The zero-order chi connectivity index (χ0) is 12.9. The Morgan fingerprint density at radius 3 is 2.00 bits per heavy atom. The Balaban J connectivity index is 2.74. The van der Waals surface area contributed by atoms with Crippen molar-refractivity contribution in [3.63, 3.8) is 0 Å². The summed E-state index contributed by atoms with van der Waals surface area (Å²) < 4.78 is 0. The monoisotopic (exact) mass is 248 g/mol. The van der Waals surface area contributed by atoms with Gasteiger partial charge in [-0.1, -0.05) is 76.9 Å². The van der Waals surface area contributed by atoms with E-state index in [-0.39, 0.29) is 9.52 Å². The topological polar surface area (TPSA) is 0 Å². The molecule has 0 bridgehead atoms. The first-order valence-corrected chi connectivity index (χ1v) is 8.55. The van der Waals surface area contributed by atoms with Crippen LogP contribution < -0.4 is 5.19 Å². The number of benzene rings is 1. The van der Waals surface area contributed by atoms with Crippen molar-refractivity contribution in [3.05, 3.63) is 29.8 Å². The van der Waals surface area contributed by atoms with Crippen molar-refractivity contribution in [2.24, 2.45) is 0 Å². The molecule has 0 aliphatic carbocycles. The van der Waals surface area contributed by atoms with Crippen LogP contribution in [0.2, 0.25) is 5.04 Å². The average Bonchev–Trinajstić information content (AvgIpc) is 2.38. The second kappa shape index (κ2) is 6.39. The fourth-order valence-electron chi connectivity index (χ4n) is 2.19. The van der Waals surface area contributed by atoms with E-state index in [0.717, 1.165) is 0 Å². The van der Waals surface area contributed by atoms with E-state index in [2.05, 4.69) is 58.9 Å². The first-order valence-electron chi connectivity index (χ1n) is 7.13. The van der Waals surface area contributed by atoms with Gasteiger partial charge >= 0.3 is 0 Å². The molecule has 0 amide bonds. The molecule has 1 aromatic rings. The second-order valence-corrected chi connectivity index (χ2v) is 8.62. The molecule has 1 unspecified atom stereocenters. The van der Waals surface area contributed by atoms with Crippen LogP contribution in [0.1, 0.15) is 65.4 Å². The molecule has 1 aromatic carbocycles. The molecule has 0 aromatic heterocycles. The van der Waals surface area contributed by atoms with Crippen molar-refractivity contribution in [2.75, 3.05) is 0 Å². The highest BCUT2D eigenvalue weighted by molar-refractivity contribution is 6.56. The fourth-order valence-corrected chi connectivity index (χ4v) is 4.15. The van der Waals surface area contributed by atoms with Gasteiger partial charge in [0.15, 0.2) is 0 Å². The van der Waals surface area contributed by atoms with E-state index in [0.29, 0.717) is 11.0 Å². The summed E-state index contributed by atoms with van der Waals surface area (Å²) >= 11 is 0. The molecule has 0 N–H and O–H groups in total. The molecular weight excluding hydrogens is 220 g/mol. The van der Waals surface area contributed by atoms with Crippen LogP contribution in [0.4, 0.5) is 0 Å². The van der Waals surface area contributed by atoms with Crippen LogP contribution in [0, 0.1) is 0 Å². The van der Waals surface area contributed by atoms with E-state index in [1.165, 1.54) is 24.8 Å². The molecule has 0 spiro atoms. The summed E-state index contributed by atoms with van der Waals surface area (Å²) in [4.78, 5) is 0. The van der Waals surface area contributed by atoms with Crippen LogP contribution in [-0.2, 0) is 0 Å². The lowest BCUT2D eigenvalue weighted by molar-refractivity contribution is 0.566. The van der Waals surface area contributed by atoms with Crippen molar-refractivity contribution in [3.8, 4) is 0 Å². The van der Waals surface area contributed by atoms with Gasteiger partial charge in [0.05, 0.1) is 9.52 Å². The maximum atomic E-state index is 2.46. The van der Waals surface area contributed by atoms with Crippen LogP contribution in [0.3, 0.4) is 0 Å². The van der Waals surface area contributed by atoms with E-state index in [4.69, 9.17) is 0 Å². The van der Waals surface area contributed by atoms with E-state index in [1.54, 1.807) is 5.19 Å². The Morgan fingerprint density at radius 1 is 1.06 bits per heavy atom. The lowest BCUT2D eigenvalue weighted by Crippen LogP contribution is -2.26. The predicted octanol–water partition coefficient (Wildman–Crippen LogP) is 3.99. The van der Waals surface area contributed by atoms with Gasteiger partial charge < -0.3 is 0 Å². The number of rotatable bonds is 6. The predicted molar refractivity (Wildman–Crippen MR) is 82.3 cm³/mol. The first-order chi connectivity index (χ1) is 8.04. The third-order valence-corrected chi connectivity index (χ3v) is 7.23.